The average Bonchev–Trinajstić information content (AvgIpc) is 1.98. The minimum Gasteiger partial charge on any atom is -0.310 e. The van der Waals surface area contributed by atoms with E-state index in [0.29, 0.717) is 0 Å². The van der Waals surface area contributed by atoms with Gasteiger partial charge in [-0.1, -0.05) is 37.6 Å². The minimum atomic E-state index is 0.107. The molecule has 1 heteroatoms. The molecule has 0 radical (unpaired) electrons. The van der Waals surface area contributed by atoms with Crippen molar-refractivity contribution in [2.75, 3.05) is 0 Å². The highest BCUT2D eigenvalue weighted by molar-refractivity contribution is 5.79. The van der Waals surface area contributed by atoms with E-state index in [1.54, 1.807) is 0 Å². The van der Waals surface area contributed by atoms with E-state index in [1.165, 1.54) is 5.57 Å². The van der Waals surface area contributed by atoms with Gasteiger partial charge in [-0.2, -0.15) is 0 Å². The predicted molar refractivity (Wildman–Crippen MR) is 60.4 cm³/mol. The molecule has 74 valence electrons. The third kappa shape index (κ3) is 6.32. The first-order valence-corrected chi connectivity index (χ1v) is 4.73. The van der Waals surface area contributed by atoms with Crippen LogP contribution in [0.4, 0.5) is 0 Å². The van der Waals surface area contributed by atoms with Crippen LogP contribution in [0, 0.1) is 10.8 Å². The van der Waals surface area contributed by atoms with Crippen molar-refractivity contribution >= 4 is 5.71 Å². The Balaban J connectivity index is 4.32. The molecule has 0 aromatic rings. The van der Waals surface area contributed by atoms with Crippen LogP contribution in [-0.4, -0.2) is 5.71 Å². The van der Waals surface area contributed by atoms with Gasteiger partial charge in [0.15, 0.2) is 0 Å². The number of hydrogen-bond acceptors (Lipinski definition) is 1. The van der Waals surface area contributed by atoms with Crippen molar-refractivity contribution in [2.24, 2.45) is 5.41 Å². The van der Waals surface area contributed by atoms with Crippen molar-refractivity contribution in [3.63, 3.8) is 0 Å². The van der Waals surface area contributed by atoms with E-state index in [1.807, 2.05) is 13.8 Å². The first-order chi connectivity index (χ1) is 5.87. The van der Waals surface area contributed by atoms with Gasteiger partial charge in [0.2, 0.25) is 0 Å². The molecule has 1 nitrogen and oxygen atoms in total. The second-order valence-electron chi connectivity index (χ2n) is 4.31. The van der Waals surface area contributed by atoms with E-state index in [9.17, 15) is 0 Å². The molecule has 0 aliphatic heterocycles. The van der Waals surface area contributed by atoms with E-state index >= 15 is 0 Å². The average molecular weight is 179 g/mol. The van der Waals surface area contributed by atoms with Crippen LogP contribution in [0.2, 0.25) is 0 Å². The lowest BCUT2D eigenvalue weighted by atomic mass is 9.86. The van der Waals surface area contributed by atoms with Crippen molar-refractivity contribution < 1.29 is 0 Å². The fourth-order valence-corrected chi connectivity index (χ4v) is 1.20. The lowest BCUT2D eigenvalue weighted by Crippen LogP contribution is -2.11. The van der Waals surface area contributed by atoms with E-state index in [4.69, 9.17) is 5.41 Å². The smallest absolute Gasteiger partial charge is 0.00666 e. The summed E-state index contributed by atoms with van der Waals surface area (Å²) < 4.78 is 0. The van der Waals surface area contributed by atoms with Gasteiger partial charge in [-0.05, 0) is 32.6 Å². The van der Waals surface area contributed by atoms with Gasteiger partial charge in [0, 0.05) is 5.71 Å². The van der Waals surface area contributed by atoms with Crippen molar-refractivity contribution in [1.29, 1.82) is 5.41 Å². The number of hydrogen-bond donors (Lipinski definition) is 1. The van der Waals surface area contributed by atoms with Gasteiger partial charge < -0.3 is 5.41 Å². The molecule has 1 N–H and O–H groups in total. The van der Waals surface area contributed by atoms with Crippen LogP contribution in [0.3, 0.4) is 0 Å². The van der Waals surface area contributed by atoms with E-state index in [2.05, 4.69) is 39.0 Å². The van der Waals surface area contributed by atoms with Gasteiger partial charge in [-0.15, -0.1) is 0 Å². The molecule has 0 aliphatic carbocycles. The van der Waals surface area contributed by atoms with Crippen molar-refractivity contribution in [3.05, 3.63) is 23.8 Å². The maximum atomic E-state index is 7.43. The molecule has 0 bridgehead atoms. The Morgan fingerprint density at radius 3 is 2.23 bits per heavy atom. The summed E-state index contributed by atoms with van der Waals surface area (Å²) in [7, 11) is 0. The third-order valence-electron chi connectivity index (χ3n) is 1.97. The highest BCUT2D eigenvalue weighted by atomic mass is 14.4. The summed E-state index contributed by atoms with van der Waals surface area (Å²) in [6.07, 6.45) is 7.23. The standard InChI is InChI=1S/C12H21N/c1-6-10(2)7-8-12(4,5)9-11(3)13/h6-8,13H,9H2,1-5H3. The molecule has 0 amide bonds. The normalized spacial score (nSPS) is 13.8. The lowest BCUT2D eigenvalue weighted by molar-refractivity contribution is 0.502. The fourth-order valence-electron chi connectivity index (χ4n) is 1.20. The summed E-state index contributed by atoms with van der Waals surface area (Å²) in [5.74, 6) is 0. The second-order valence-corrected chi connectivity index (χ2v) is 4.31. The molecule has 0 aliphatic rings. The Morgan fingerprint density at radius 2 is 1.85 bits per heavy atom. The first kappa shape index (κ1) is 12.2. The quantitative estimate of drug-likeness (QED) is 0.499. The Bertz CT molecular complexity index is 232. The zero-order valence-electron chi connectivity index (χ0n) is 9.44. The SMILES string of the molecule is CC=C(C)C=CC(C)(C)CC(C)=N. The Hall–Kier alpha value is -0.850. The Labute approximate surface area is 82.1 Å². The maximum Gasteiger partial charge on any atom is 0.00666 e. The van der Waals surface area contributed by atoms with E-state index in [-0.39, 0.29) is 5.41 Å². The van der Waals surface area contributed by atoms with Gasteiger partial charge in [0.05, 0.1) is 0 Å². The van der Waals surface area contributed by atoms with Gasteiger partial charge in [0.1, 0.15) is 0 Å². The largest absolute Gasteiger partial charge is 0.310 e. The minimum absolute atomic E-state index is 0.107. The van der Waals surface area contributed by atoms with Crippen LogP contribution in [0.1, 0.15) is 41.0 Å². The molecule has 0 spiro atoms. The molecule has 0 saturated heterocycles. The molecule has 0 unspecified atom stereocenters. The predicted octanol–water partition coefficient (Wildman–Crippen LogP) is 3.96. The van der Waals surface area contributed by atoms with Gasteiger partial charge in [-0.25, -0.2) is 0 Å². The molecule has 0 rings (SSSR count). The summed E-state index contributed by atoms with van der Waals surface area (Å²) >= 11 is 0. The zero-order chi connectivity index (χ0) is 10.5. The van der Waals surface area contributed by atoms with Crippen LogP contribution in [0.5, 0.6) is 0 Å². The summed E-state index contributed by atoms with van der Waals surface area (Å²) in [6, 6.07) is 0. The maximum absolute atomic E-state index is 7.43. The van der Waals surface area contributed by atoms with Crippen LogP contribution in [0.25, 0.3) is 0 Å². The van der Waals surface area contributed by atoms with Crippen LogP contribution in [-0.2, 0) is 0 Å². The van der Waals surface area contributed by atoms with Crippen LogP contribution in [0.15, 0.2) is 23.8 Å². The number of nitrogens with one attached hydrogen (secondary N) is 1. The summed E-state index contributed by atoms with van der Waals surface area (Å²) in [4.78, 5) is 0. The van der Waals surface area contributed by atoms with Gasteiger partial charge in [-0.3, -0.25) is 0 Å². The molecule has 13 heavy (non-hydrogen) atoms. The monoisotopic (exact) mass is 179 g/mol. The molecule has 0 aromatic carbocycles. The highest BCUT2D eigenvalue weighted by Crippen LogP contribution is 2.23. The Morgan fingerprint density at radius 1 is 1.31 bits per heavy atom. The number of allylic oxidation sites excluding steroid dienone is 4. The van der Waals surface area contributed by atoms with Crippen LogP contribution < -0.4 is 0 Å². The van der Waals surface area contributed by atoms with Crippen molar-refractivity contribution in [1.82, 2.24) is 0 Å². The molecular weight excluding hydrogens is 158 g/mol. The highest BCUT2D eigenvalue weighted by Gasteiger charge is 2.13. The second kappa shape index (κ2) is 5.00. The summed E-state index contributed by atoms with van der Waals surface area (Å²) in [6.45, 7) is 10.3. The van der Waals surface area contributed by atoms with Crippen LogP contribution >= 0.6 is 0 Å². The summed E-state index contributed by atoms with van der Waals surface area (Å²) in [5, 5.41) is 7.43. The molecule has 0 atom stereocenters. The van der Waals surface area contributed by atoms with Gasteiger partial charge in [0.25, 0.3) is 0 Å². The summed E-state index contributed by atoms with van der Waals surface area (Å²) in [5.41, 5.74) is 2.12. The fraction of sp³-hybridized carbons (Fsp3) is 0.583. The molecular formula is C12H21N. The van der Waals surface area contributed by atoms with Crippen molar-refractivity contribution in [3.8, 4) is 0 Å². The van der Waals surface area contributed by atoms with E-state index in [0.717, 1.165) is 12.1 Å². The number of rotatable bonds is 4. The first-order valence-electron chi connectivity index (χ1n) is 4.73. The molecule has 0 fully saturated rings. The van der Waals surface area contributed by atoms with E-state index < -0.39 is 0 Å². The molecule has 0 saturated carbocycles. The molecule has 0 aromatic heterocycles. The lowest BCUT2D eigenvalue weighted by Gasteiger charge is -2.19. The topological polar surface area (TPSA) is 23.9 Å². The van der Waals surface area contributed by atoms with Crippen molar-refractivity contribution in [2.45, 2.75) is 41.0 Å². The Kier molecular flexibility index (Phi) is 4.68. The molecule has 0 heterocycles. The zero-order valence-corrected chi connectivity index (χ0v) is 9.44. The third-order valence-corrected chi connectivity index (χ3v) is 1.97. The van der Waals surface area contributed by atoms with Gasteiger partial charge >= 0.3 is 0 Å².